The Balaban J connectivity index is 2.11. The van der Waals surface area contributed by atoms with Gasteiger partial charge in [-0.2, -0.15) is 0 Å². The number of cyclic esters (lactones) is 2. The van der Waals surface area contributed by atoms with Crippen LogP contribution in [0.15, 0.2) is 24.3 Å². The van der Waals surface area contributed by atoms with E-state index in [4.69, 9.17) is 0 Å². The average Bonchev–Trinajstić information content (AvgIpc) is 2.41. The molecule has 2 rings (SSSR count). The van der Waals surface area contributed by atoms with Gasteiger partial charge in [-0.15, -0.1) is 0 Å². The third-order valence-electron chi connectivity index (χ3n) is 2.77. The van der Waals surface area contributed by atoms with Crippen molar-refractivity contribution in [2.24, 2.45) is 0 Å². The Bertz CT molecular complexity index is 552. The quantitative estimate of drug-likeness (QED) is 0.485. The van der Waals surface area contributed by atoms with E-state index in [1.54, 1.807) is 12.1 Å². The fourth-order valence-electron chi connectivity index (χ4n) is 1.79. The van der Waals surface area contributed by atoms with Gasteiger partial charge in [0.1, 0.15) is 6.04 Å². The van der Waals surface area contributed by atoms with E-state index >= 15 is 0 Å². The molecule has 1 fully saturated rings. The standard InChI is InChI=1S/C13H11NO5/c15-7-8-3-1-2-4-9(8)12(17)14-10-5-6-11(16)19-13(10)18/h1-4,7,10H,5-6H2,(H,14,17). The van der Waals surface area contributed by atoms with Crippen LogP contribution in [0.1, 0.15) is 33.6 Å². The molecule has 0 bridgehead atoms. The summed E-state index contributed by atoms with van der Waals surface area (Å²) >= 11 is 0. The van der Waals surface area contributed by atoms with E-state index in [0.29, 0.717) is 6.29 Å². The van der Waals surface area contributed by atoms with Crippen LogP contribution in [0.3, 0.4) is 0 Å². The first-order valence-electron chi connectivity index (χ1n) is 5.71. The Hall–Kier alpha value is -2.50. The van der Waals surface area contributed by atoms with E-state index in [9.17, 15) is 19.2 Å². The molecule has 0 aromatic heterocycles. The van der Waals surface area contributed by atoms with E-state index in [1.807, 2.05) is 0 Å². The topological polar surface area (TPSA) is 89.5 Å². The summed E-state index contributed by atoms with van der Waals surface area (Å²) in [5.41, 5.74) is 0.419. The normalized spacial score (nSPS) is 18.6. The molecule has 1 aliphatic rings. The van der Waals surface area contributed by atoms with E-state index in [0.717, 1.165) is 0 Å². The molecule has 1 atom stereocenters. The van der Waals surface area contributed by atoms with Crippen molar-refractivity contribution in [1.29, 1.82) is 0 Å². The second kappa shape index (κ2) is 5.43. The number of carbonyl (C=O) groups excluding carboxylic acids is 4. The first-order valence-corrected chi connectivity index (χ1v) is 5.71. The van der Waals surface area contributed by atoms with Crippen LogP contribution in [0.2, 0.25) is 0 Å². The Labute approximate surface area is 108 Å². The third kappa shape index (κ3) is 2.85. The predicted molar refractivity (Wildman–Crippen MR) is 63.4 cm³/mol. The fraction of sp³-hybridized carbons (Fsp3) is 0.231. The highest BCUT2D eigenvalue weighted by Crippen LogP contribution is 2.11. The second-order valence-corrected chi connectivity index (χ2v) is 4.06. The molecule has 1 saturated heterocycles. The molecule has 0 aliphatic carbocycles. The number of aldehydes is 1. The van der Waals surface area contributed by atoms with Gasteiger partial charge in [-0.3, -0.25) is 14.4 Å². The number of amides is 1. The van der Waals surface area contributed by atoms with Crippen LogP contribution in [-0.4, -0.2) is 30.2 Å². The van der Waals surface area contributed by atoms with Crippen molar-refractivity contribution in [3.8, 4) is 0 Å². The number of esters is 2. The lowest BCUT2D eigenvalue weighted by Crippen LogP contribution is -2.45. The number of benzene rings is 1. The second-order valence-electron chi connectivity index (χ2n) is 4.06. The SMILES string of the molecule is O=Cc1ccccc1C(=O)NC1CCC(=O)OC1=O. The summed E-state index contributed by atoms with van der Waals surface area (Å²) in [6.07, 6.45) is 0.844. The number of nitrogens with one attached hydrogen (secondary N) is 1. The molecule has 1 aromatic carbocycles. The molecule has 0 saturated carbocycles. The maximum Gasteiger partial charge on any atom is 0.336 e. The Morgan fingerprint density at radius 3 is 2.74 bits per heavy atom. The number of ether oxygens (including phenoxy) is 1. The lowest BCUT2D eigenvalue weighted by Gasteiger charge is -2.20. The van der Waals surface area contributed by atoms with Gasteiger partial charge in [0.2, 0.25) is 0 Å². The largest absolute Gasteiger partial charge is 0.392 e. The minimum Gasteiger partial charge on any atom is -0.392 e. The van der Waals surface area contributed by atoms with Gasteiger partial charge in [0.25, 0.3) is 5.91 Å². The van der Waals surface area contributed by atoms with Crippen LogP contribution in [0.4, 0.5) is 0 Å². The minimum absolute atomic E-state index is 0.0754. The zero-order valence-electron chi connectivity index (χ0n) is 9.92. The van der Waals surface area contributed by atoms with Crippen LogP contribution in [0.5, 0.6) is 0 Å². The van der Waals surface area contributed by atoms with E-state index in [1.165, 1.54) is 12.1 Å². The van der Waals surface area contributed by atoms with Crippen molar-refractivity contribution >= 4 is 24.1 Å². The summed E-state index contributed by atoms with van der Waals surface area (Å²) in [5, 5.41) is 2.46. The van der Waals surface area contributed by atoms with Gasteiger partial charge in [-0.1, -0.05) is 18.2 Å². The maximum absolute atomic E-state index is 12.0. The number of hydrogen-bond acceptors (Lipinski definition) is 5. The highest BCUT2D eigenvalue weighted by molar-refractivity contribution is 6.03. The van der Waals surface area contributed by atoms with Gasteiger partial charge in [-0.25, -0.2) is 4.79 Å². The van der Waals surface area contributed by atoms with Gasteiger partial charge >= 0.3 is 11.9 Å². The van der Waals surface area contributed by atoms with Gasteiger partial charge < -0.3 is 10.1 Å². The van der Waals surface area contributed by atoms with E-state index < -0.39 is 23.9 Å². The summed E-state index contributed by atoms with van der Waals surface area (Å²) in [4.78, 5) is 45.0. The monoisotopic (exact) mass is 261 g/mol. The smallest absolute Gasteiger partial charge is 0.336 e. The first-order chi connectivity index (χ1) is 9.11. The van der Waals surface area contributed by atoms with Crippen molar-refractivity contribution in [1.82, 2.24) is 5.32 Å². The maximum atomic E-state index is 12.0. The molecular weight excluding hydrogens is 250 g/mol. The van der Waals surface area contributed by atoms with Crippen molar-refractivity contribution in [2.45, 2.75) is 18.9 Å². The first kappa shape index (κ1) is 12.9. The number of carbonyl (C=O) groups is 4. The predicted octanol–water partition coefficient (Wildman–Crippen LogP) is 0.461. The van der Waals surface area contributed by atoms with Crippen molar-refractivity contribution in [3.05, 3.63) is 35.4 Å². The zero-order valence-corrected chi connectivity index (χ0v) is 9.92. The highest BCUT2D eigenvalue weighted by Gasteiger charge is 2.30. The molecule has 6 heteroatoms. The zero-order chi connectivity index (χ0) is 13.8. The molecule has 0 spiro atoms. The molecule has 19 heavy (non-hydrogen) atoms. The molecule has 1 aliphatic heterocycles. The minimum atomic E-state index is -0.857. The van der Waals surface area contributed by atoms with Crippen LogP contribution >= 0.6 is 0 Å². The number of rotatable bonds is 3. The van der Waals surface area contributed by atoms with Crippen LogP contribution in [0, 0.1) is 0 Å². The number of hydrogen-bond donors (Lipinski definition) is 1. The molecule has 1 unspecified atom stereocenters. The summed E-state index contributed by atoms with van der Waals surface area (Å²) in [6.45, 7) is 0. The van der Waals surface area contributed by atoms with Crippen molar-refractivity contribution < 1.29 is 23.9 Å². The molecule has 0 radical (unpaired) electrons. The van der Waals surface area contributed by atoms with Crippen molar-refractivity contribution in [3.63, 3.8) is 0 Å². The molecular formula is C13H11NO5. The van der Waals surface area contributed by atoms with Gasteiger partial charge in [-0.05, 0) is 12.5 Å². The summed E-state index contributed by atoms with van der Waals surface area (Å²) in [7, 11) is 0. The lowest BCUT2D eigenvalue weighted by atomic mass is 10.1. The third-order valence-corrected chi connectivity index (χ3v) is 2.77. The Kier molecular flexibility index (Phi) is 3.70. The summed E-state index contributed by atoms with van der Waals surface area (Å²) < 4.78 is 4.43. The van der Waals surface area contributed by atoms with Crippen molar-refractivity contribution in [2.75, 3.05) is 0 Å². The summed E-state index contributed by atoms with van der Waals surface area (Å²) in [6, 6.07) is 5.38. The average molecular weight is 261 g/mol. The Morgan fingerprint density at radius 2 is 2.05 bits per heavy atom. The van der Waals surface area contributed by atoms with Crippen LogP contribution in [-0.2, 0) is 14.3 Å². The van der Waals surface area contributed by atoms with Gasteiger partial charge in [0, 0.05) is 17.5 Å². The van der Waals surface area contributed by atoms with E-state index in [-0.39, 0.29) is 24.0 Å². The lowest BCUT2D eigenvalue weighted by molar-refractivity contribution is -0.165. The summed E-state index contributed by atoms with van der Waals surface area (Å²) in [5.74, 6) is -1.91. The molecule has 6 nitrogen and oxygen atoms in total. The van der Waals surface area contributed by atoms with Gasteiger partial charge in [0.15, 0.2) is 6.29 Å². The molecule has 1 amide bonds. The van der Waals surface area contributed by atoms with Crippen LogP contribution < -0.4 is 5.32 Å². The molecule has 98 valence electrons. The molecule has 1 heterocycles. The van der Waals surface area contributed by atoms with Crippen LogP contribution in [0.25, 0.3) is 0 Å². The molecule has 1 N–H and O–H groups in total. The Morgan fingerprint density at radius 1 is 1.32 bits per heavy atom. The highest BCUT2D eigenvalue weighted by atomic mass is 16.6. The van der Waals surface area contributed by atoms with E-state index in [2.05, 4.69) is 10.1 Å². The molecule has 1 aromatic rings. The fourth-order valence-corrected chi connectivity index (χ4v) is 1.79. The van der Waals surface area contributed by atoms with Gasteiger partial charge in [0.05, 0.1) is 0 Å².